The number of carbonyl (C=O) groups is 1. The van der Waals surface area contributed by atoms with Crippen molar-refractivity contribution in [2.24, 2.45) is 0 Å². The third-order valence-corrected chi connectivity index (χ3v) is 6.45. The predicted octanol–water partition coefficient (Wildman–Crippen LogP) is 2.53. The predicted molar refractivity (Wildman–Crippen MR) is 138 cm³/mol. The molecular weight excluding hydrogens is 454 g/mol. The number of nitrogens with one attached hydrogen (secondary N) is 1. The average molecular weight is 480 g/mol. The van der Waals surface area contributed by atoms with Crippen LogP contribution < -0.4 is 15.1 Å². The standard InChI is InChI=1S/C26H25N9O/c36-25(21-7-6-19-4-1-2-5-20(19)16-21)27-10-11-35-24-22(17-32-35)23(30-18-31-24)33-12-14-34(15-13-33)26-28-8-3-9-29-26/h1-9,16-18H,10-15H2,(H,27,36). The minimum atomic E-state index is -0.104. The second-order valence-electron chi connectivity index (χ2n) is 8.64. The Labute approximate surface area is 207 Å². The van der Waals surface area contributed by atoms with Crippen LogP contribution in [0.25, 0.3) is 21.8 Å². The molecule has 0 radical (unpaired) electrons. The Kier molecular flexibility index (Phi) is 5.82. The number of piperazine rings is 1. The van der Waals surface area contributed by atoms with Gasteiger partial charge >= 0.3 is 0 Å². The Morgan fingerprint density at radius 2 is 1.64 bits per heavy atom. The number of fused-ring (bicyclic) bond motifs is 2. The highest BCUT2D eigenvalue weighted by molar-refractivity contribution is 5.98. The van der Waals surface area contributed by atoms with Crippen molar-refractivity contribution in [2.75, 3.05) is 42.5 Å². The van der Waals surface area contributed by atoms with E-state index < -0.39 is 0 Å². The number of rotatable bonds is 6. The Morgan fingerprint density at radius 3 is 2.47 bits per heavy atom. The average Bonchev–Trinajstić information content (AvgIpc) is 3.36. The maximum Gasteiger partial charge on any atom is 0.251 e. The highest BCUT2D eigenvalue weighted by Gasteiger charge is 2.22. The molecule has 6 rings (SSSR count). The Morgan fingerprint density at radius 1 is 0.861 bits per heavy atom. The Hall–Kier alpha value is -4.60. The van der Waals surface area contributed by atoms with Crippen molar-refractivity contribution < 1.29 is 4.79 Å². The summed E-state index contributed by atoms with van der Waals surface area (Å²) in [5.74, 6) is 1.52. The number of amides is 1. The molecule has 180 valence electrons. The number of carbonyl (C=O) groups excluding carboxylic acids is 1. The lowest BCUT2D eigenvalue weighted by Gasteiger charge is -2.35. The molecule has 0 atom stereocenters. The molecule has 3 aromatic heterocycles. The Bertz CT molecular complexity index is 1510. The highest BCUT2D eigenvalue weighted by Crippen LogP contribution is 2.24. The van der Waals surface area contributed by atoms with Crippen LogP contribution in [0.4, 0.5) is 11.8 Å². The molecule has 1 fully saturated rings. The van der Waals surface area contributed by atoms with Crippen molar-refractivity contribution in [3.05, 3.63) is 79.0 Å². The Balaban J connectivity index is 1.10. The fraction of sp³-hybridized carbons (Fsp3) is 0.231. The lowest BCUT2D eigenvalue weighted by Crippen LogP contribution is -2.47. The molecule has 0 bridgehead atoms. The summed E-state index contributed by atoms with van der Waals surface area (Å²) in [5.41, 5.74) is 1.40. The number of hydrogen-bond acceptors (Lipinski definition) is 8. The van der Waals surface area contributed by atoms with Gasteiger partial charge in [-0.3, -0.25) is 4.79 Å². The van der Waals surface area contributed by atoms with Gasteiger partial charge in [-0.05, 0) is 29.0 Å². The fourth-order valence-corrected chi connectivity index (χ4v) is 4.58. The molecule has 1 amide bonds. The third kappa shape index (κ3) is 4.28. The summed E-state index contributed by atoms with van der Waals surface area (Å²) in [7, 11) is 0. The summed E-state index contributed by atoms with van der Waals surface area (Å²) in [5, 5.41) is 10.6. The molecule has 4 heterocycles. The van der Waals surface area contributed by atoms with Gasteiger partial charge < -0.3 is 15.1 Å². The van der Waals surface area contributed by atoms with E-state index in [1.165, 1.54) is 0 Å². The maximum absolute atomic E-state index is 12.7. The fourth-order valence-electron chi connectivity index (χ4n) is 4.58. The summed E-state index contributed by atoms with van der Waals surface area (Å²) in [4.78, 5) is 34.8. The van der Waals surface area contributed by atoms with E-state index in [1.807, 2.05) is 59.4 Å². The van der Waals surface area contributed by atoms with E-state index in [1.54, 1.807) is 18.7 Å². The van der Waals surface area contributed by atoms with Gasteiger partial charge in [0.05, 0.1) is 18.1 Å². The molecule has 2 aromatic carbocycles. The van der Waals surface area contributed by atoms with E-state index in [0.717, 1.165) is 59.8 Å². The minimum absolute atomic E-state index is 0.104. The first kappa shape index (κ1) is 21.9. The van der Waals surface area contributed by atoms with E-state index in [-0.39, 0.29) is 5.91 Å². The molecule has 5 aromatic rings. The van der Waals surface area contributed by atoms with Gasteiger partial charge in [-0.25, -0.2) is 24.6 Å². The van der Waals surface area contributed by atoms with Crippen LogP contribution in [0.1, 0.15) is 10.4 Å². The van der Waals surface area contributed by atoms with Crippen LogP contribution in [0.3, 0.4) is 0 Å². The molecule has 1 saturated heterocycles. The molecule has 10 nitrogen and oxygen atoms in total. The monoisotopic (exact) mass is 479 g/mol. The van der Waals surface area contributed by atoms with Crippen molar-refractivity contribution in [1.82, 2.24) is 35.0 Å². The van der Waals surface area contributed by atoms with Crippen molar-refractivity contribution in [3.8, 4) is 0 Å². The quantitative estimate of drug-likeness (QED) is 0.396. The summed E-state index contributed by atoms with van der Waals surface area (Å²) >= 11 is 0. The summed E-state index contributed by atoms with van der Waals surface area (Å²) in [6.45, 7) is 4.18. The molecule has 0 unspecified atom stereocenters. The van der Waals surface area contributed by atoms with Crippen LogP contribution in [0.15, 0.2) is 73.4 Å². The van der Waals surface area contributed by atoms with Crippen molar-refractivity contribution in [1.29, 1.82) is 0 Å². The lowest BCUT2D eigenvalue weighted by atomic mass is 10.1. The van der Waals surface area contributed by atoms with Crippen LogP contribution in [0.5, 0.6) is 0 Å². The molecule has 1 aliphatic heterocycles. The molecule has 0 saturated carbocycles. The number of anilines is 2. The lowest BCUT2D eigenvalue weighted by molar-refractivity contribution is 0.0952. The van der Waals surface area contributed by atoms with E-state index in [0.29, 0.717) is 18.7 Å². The van der Waals surface area contributed by atoms with Gasteiger partial charge in [0.15, 0.2) is 5.65 Å². The first-order valence-corrected chi connectivity index (χ1v) is 12.0. The highest BCUT2D eigenvalue weighted by atomic mass is 16.1. The SMILES string of the molecule is O=C(NCCn1ncc2c(N3CCN(c4ncccn4)CC3)ncnc21)c1ccc2ccccc2c1. The van der Waals surface area contributed by atoms with Gasteiger partial charge in [0, 0.05) is 50.7 Å². The topological polar surface area (TPSA) is 105 Å². The number of nitrogens with zero attached hydrogens (tertiary/aromatic N) is 8. The zero-order valence-corrected chi connectivity index (χ0v) is 19.7. The summed E-state index contributed by atoms with van der Waals surface area (Å²) in [6.07, 6.45) is 6.92. The van der Waals surface area contributed by atoms with E-state index in [9.17, 15) is 4.79 Å². The second-order valence-corrected chi connectivity index (χ2v) is 8.64. The number of aromatic nitrogens is 6. The molecule has 1 N–H and O–H groups in total. The first-order valence-electron chi connectivity index (χ1n) is 12.0. The van der Waals surface area contributed by atoms with E-state index in [4.69, 9.17) is 0 Å². The molecule has 0 aliphatic carbocycles. The van der Waals surface area contributed by atoms with E-state index >= 15 is 0 Å². The van der Waals surface area contributed by atoms with Gasteiger partial charge in [-0.2, -0.15) is 5.10 Å². The normalized spacial score (nSPS) is 13.9. The van der Waals surface area contributed by atoms with Crippen LogP contribution in [0, 0.1) is 0 Å². The summed E-state index contributed by atoms with van der Waals surface area (Å²) < 4.78 is 1.81. The van der Waals surface area contributed by atoms with Gasteiger partial charge in [-0.15, -0.1) is 0 Å². The van der Waals surface area contributed by atoms with Gasteiger partial charge in [0.1, 0.15) is 12.1 Å². The maximum atomic E-state index is 12.7. The molecule has 36 heavy (non-hydrogen) atoms. The van der Waals surface area contributed by atoms with Crippen LogP contribution >= 0.6 is 0 Å². The minimum Gasteiger partial charge on any atom is -0.352 e. The molecule has 10 heteroatoms. The zero-order chi connectivity index (χ0) is 24.3. The number of benzene rings is 2. The summed E-state index contributed by atoms with van der Waals surface area (Å²) in [6, 6.07) is 15.6. The van der Waals surface area contributed by atoms with Crippen molar-refractivity contribution in [2.45, 2.75) is 6.54 Å². The van der Waals surface area contributed by atoms with E-state index in [2.05, 4.69) is 40.2 Å². The largest absolute Gasteiger partial charge is 0.352 e. The van der Waals surface area contributed by atoms with Crippen molar-refractivity contribution in [3.63, 3.8) is 0 Å². The molecule has 1 aliphatic rings. The van der Waals surface area contributed by atoms with Crippen LogP contribution in [-0.4, -0.2) is 68.3 Å². The second kappa shape index (κ2) is 9.57. The molecular formula is C26H25N9O. The van der Waals surface area contributed by atoms with Crippen LogP contribution in [0.2, 0.25) is 0 Å². The van der Waals surface area contributed by atoms with Crippen LogP contribution in [-0.2, 0) is 6.54 Å². The van der Waals surface area contributed by atoms with Gasteiger partial charge in [-0.1, -0.05) is 30.3 Å². The number of hydrogen-bond donors (Lipinski definition) is 1. The smallest absolute Gasteiger partial charge is 0.251 e. The van der Waals surface area contributed by atoms with Crippen molar-refractivity contribution >= 4 is 39.5 Å². The third-order valence-electron chi connectivity index (χ3n) is 6.45. The molecule has 0 spiro atoms. The zero-order valence-electron chi connectivity index (χ0n) is 19.7. The van der Waals surface area contributed by atoms with Gasteiger partial charge in [0.2, 0.25) is 5.95 Å². The van der Waals surface area contributed by atoms with Gasteiger partial charge in [0.25, 0.3) is 5.91 Å². The first-order chi connectivity index (χ1) is 17.8.